The van der Waals surface area contributed by atoms with Crippen LogP contribution in [0.3, 0.4) is 0 Å². The third kappa shape index (κ3) is 4.05. The van der Waals surface area contributed by atoms with Crippen molar-refractivity contribution in [3.63, 3.8) is 0 Å². The smallest absolute Gasteiger partial charge is 0.263 e. The van der Waals surface area contributed by atoms with Crippen molar-refractivity contribution in [2.75, 3.05) is 10.0 Å². The van der Waals surface area contributed by atoms with Crippen LogP contribution in [-0.4, -0.2) is 18.4 Å². The standard InChI is InChI=1S/C15H14N4O2S2/c20-23(21,19-15-17-8-9-22-15)14-5-3-13(4-6-14)18-11-12-2-1-7-16-10-12/h1-10,18H,11H2,(H,17,19). The SMILES string of the molecule is O=S(=O)(Nc1nccs1)c1ccc(NCc2cccnc2)cc1. The number of rotatable bonds is 6. The Hall–Kier alpha value is -2.45. The van der Waals surface area contributed by atoms with Gasteiger partial charge in [-0.15, -0.1) is 11.3 Å². The normalized spacial score (nSPS) is 11.1. The molecule has 0 aliphatic rings. The number of hydrogen-bond donors (Lipinski definition) is 2. The van der Waals surface area contributed by atoms with Crippen LogP contribution in [0.5, 0.6) is 0 Å². The van der Waals surface area contributed by atoms with Gasteiger partial charge in [0.15, 0.2) is 5.13 Å². The van der Waals surface area contributed by atoms with E-state index in [2.05, 4.69) is 20.0 Å². The Bertz CT molecular complexity index is 848. The van der Waals surface area contributed by atoms with Gasteiger partial charge in [0.25, 0.3) is 10.0 Å². The number of anilines is 2. The molecule has 0 unspecified atom stereocenters. The molecule has 0 aliphatic carbocycles. The first-order valence-electron chi connectivity index (χ1n) is 6.79. The minimum absolute atomic E-state index is 0.194. The van der Waals surface area contributed by atoms with Crippen molar-refractivity contribution in [3.05, 3.63) is 65.9 Å². The predicted octanol–water partition coefficient (Wildman–Crippen LogP) is 2.95. The Balaban J connectivity index is 1.67. The molecule has 0 bridgehead atoms. The molecule has 2 aromatic heterocycles. The van der Waals surface area contributed by atoms with E-state index < -0.39 is 10.0 Å². The van der Waals surface area contributed by atoms with Gasteiger partial charge >= 0.3 is 0 Å². The third-order valence-corrected chi connectivity index (χ3v) is 5.21. The third-order valence-electron chi connectivity index (χ3n) is 3.04. The highest BCUT2D eigenvalue weighted by atomic mass is 32.2. The molecule has 0 spiro atoms. The van der Waals surface area contributed by atoms with Crippen molar-refractivity contribution in [2.45, 2.75) is 11.4 Å². The lowest BCUT2D eigenvalue weighted by molar-refractivity contribution is 0.601. The van der Waals surface area contributed by atoms with Crippen LogP contribution >= 0.6 is 11.3 Å². The molecule has 1 aromatic carbocycles. The highest BCUT2D eigenvalue weighted by molar-refractivity contribution is 7.93. The van der Waals surface area contributed by atoms with Crippen molar-refractivity contribution in [1.29, 1.82) is 0 Å². The quantitative estimate of drug-likeness (QED) is 0.717. The van der Waals surface area contributed by atoms with Gasteiger partial charge < -0.3 is 5.32 Å². The van der Waals surface area contributed by atoms with Gasteiger partial charge in [0.1, 0.15) is 0 Å². The fourth-order valence-electron chi connectivity index (χ4n) is 1.91. The van der Waals surface area contributed by atoms with Gasteiger partial charge in [-0.3, -0.25) is 9.71 Å². The molecular formula is C15H14N4O2S2. The highest BCUT2D eigenvalue weighted by Gasteiger charge is 2.15. The van der Waals surface area contributed by atoms with E-state index in [9.17, 15) is 8.42 Å². The van der Waals surface area contributed by atoms with Crippen LogP contribution in [0.2, 0.25) is 0 Å². The summed E-state index contributed by atoms with van der Waals surface area (Å²) in [5.41, 5.74) is 1.89. The zero-order chi connectivity index (χ0) is 16.1. The molecule has 118 valence electrons. The number of thiazole rings is 1. The summed E-state index contributed by atoms with van der Waals surface area (Å²) in [5, 5.41) is 5.28. The van der Waals surface area contributed by atoms with Crippen LogP contribution in [0, 0.1) is 0 Å². The zero-order valence-electron chi connectivity index (χ0n) is 12.0. The molecule has 23 heavy (non-hydrogen) atoms. The van der Waals surface area contributed by atoms with Gasteiger partial charge in [-0.1, -0.05) is 6.07 Å². The van der Waals surface area contributed by atoms with Crippen molar-refractivity contribution in [3.8, 4) is 0 Å². The molecule has 0 atom stereocenters. The first kappa shape index (κ1) is 15.4. The van der Waals surface area contributed by atoms with Crippen molar-refractivity contribution in [1.82, 2.24) is 9.97 Å². The largest absolute Gasteiger partial charge is 0.381 e. The zero-order valence-corrected chi connectivity index (χ0v) is 13.6. The average molecular weight is 346 g/mol. The van der Waals surface area contributed by atoms with E-state index in [1.54, 1.807) is 48.2 Å². The summed E-state index contributed by atoms with van der Waals surface area (Å²) in [4.78, 5) is 8.16. The fraction of sp³-hybridized carbons (Fsp3) is 0.0667. The van der Waals surface area contributed by atoms with Gasteiger partial charge in [-0.25, -0.2) is 13.4 Å². The van der Waals surface area contributed by atoms with E-state index in [0.717, 1.165) is 11.3 Å². The molecule has 8 heteroatoms. The second kappa shape index (κ2) is 6.76. The number of nitrogens with zero attached hydrogens (tertiary/aromatic N) is 2. The van der Waals surface area contributed by atoms with Crippen LogP contribution < -0.4 is 10.0 Å². The summed E-state index contributed by atoms with van der Waals surface area (Å²) in [5.74, 6) is 0. The van der Waals surface area contributed by atoms with E-state index in [1.807, 2.05) is 12.1 Å². The van der Waals surface area contributed by atoms with Gasteiger partial charge in [-0.05, 0) is 35.9 Å². The Morgan fingerprint density at radius 3 is 2.57 bits per heavy atom. The number of benzene rings is 1. The number of aromatic nitrogens is 2. The Morgan fingerprint density at radius 2 is 1.91 bits per heavy atom. The van der Waals surface area contributed by atoms with E-state index in [-0.39, 0.29) is 4.90 Å². The summed E-state index contributed by atoms with van der Waals surface area (Å²) >= 11 is 1.23. The molecule has 0 saturated carbocycles. The van der Waals surface area contributed by atoms with E-state index >= 15 is 0 Å². The van der Waals surface area contributed by atoms with Crippen LogP contribution in [0.1, 0.15) is 5.56 Å². The summed E-state index contributed by atoms with van der Waals surface area (Å²) < 4.78 is 26.9. The van der Waals surface area contributed by atoms with Crippen LogP contribution in [-0.2, 0) is 16.6 Å². The second-order valence-electron chi connectivity index (χ2n) is 4.68. The maximum absolute atomic E-state index is 12.2. The molecule has 0 fully saturated rings. The van der Waals surface area contributed by atoms with Crippen LogP contribution in [0.25, 0.3) is 0 Å². The minimum Gasteiger partial charge on any atom is -0.381 e. The van der Waals surface area contributed by atoms with E-state index in [0.29, 0.717) is 11.7 Å². The van der Waals surface area contributed by atoms with Gasteiger partial charge in [0, 0.05) is 36.2 Å². The van der Waals surface area contributed by atoms with Crippen LogP contribution in [0.4, 0.5) is 10.8 Å². The molecular weight excluding hydrogens is 332 g/mol. The second-order valence-corrected chi connectivity index (χ2v) is 7.26. The monoisotopic (exact) mass is 346 g/mol. The number of sulfonamides is 1. The molecule has 0 aliphatic heterocycles. The van der Waals surface area contributed by atoms with Crippen molar-refractivity contribution >= 4 is 32.2 Å². The number of hydrogen-bond acceptors (Lipinski definition) is 6. The predicted molar refractivity (Wildman–Crippen MR) is 90.9 cm³/mol. The first-order chi connectivity index (χ1) is 11.1. The fourth-order valence-corrected chi connectivity index (χ4v) is 3.70. The van der Waals surface area contributed by atoms with Gasteiger partial charge in [-0.2, -0.15) is 0 Å². The lowest BCUT2D eigenvalue weighted by Gasteiger charge is -2.08. The van der Waals surface area contributed by atoms with Crippen molar-refractivity contribution in [2.24, 2.45) is 0 Å². The summed E-state index contributed by atoms with van der Waals surface area (Å²) in [6.45, 7) is 0.622. The van der Waals surface area contributed by atoms with E-state index in [1.165, 1.54) is 11.3 Å². The molecule has 2 N–H and O–H groups in total. The lowest BCUT2D eigenvalue weighted by atomic mass is 10.2. The number of nitrogens with one attached hydrogen (secondary N) is 2. The van der Waals surface area contributed by atoms with Crippen molar-refractivity contribution < 1.29 is 8.42 Å². The summed E-state index contributed by atoms with van der Waals surface area (Å²) in [7, 11) is -3.61. The Kier molecular flexibility index (Phi) is 4.54. The van der Waals surface area contributed by atoms with E-state index in [4.69, 9.17) is 0 Å². The summed E-state index contributed by atoms with van der Waals surface area (Å²) in [6.07, 6.45) is 5.05. The maximum Gasteiger partial charge on any atom is 0.263 e. The Morgan fingerprint density at radius 1 is 1.09 bits per heavy atom. The molecule has 3 aromatic rings. The molecule has 0 saturated heterocycles. The minimum atomic E-state index is -3.61. The molecule has 0 radical (unpaired) electrons. The summed E-state index contributed by atoms with van der Waals surface area (Å²) in [6, 6.07) is 10.4. The first-order valence-corrected chi connectivity index (χ1v) is 9.15. The lowest BCUT2D eigenvalue weighted by Crippen LogP contribution is -2.12. The average Bonchev–Trinajstić information content (AvgIpc) is 3.06. The topological polar surface area (TPSA) is 84.0 Å². The molecule has 3 rings (SSSR count). The van der Waals surface area contributed by atoms with Gasteiger partial charge in [0.05, 0.1) is 4.90 Å². The Labute approximate surface area is 138 Å². The maximum atomic E-state index is 12.2. The molecule has 6 nitrogen and oxygen atoms in total. The molecule has 0 amide bonds. The highest BCUT2D eigenvalue weighted by Crippen LogP contribution is 2.19. The van der Waals surface area contributed by atoms with Crippen LogP contribution in [0.15, 0.2) is 65.3 Å². The number of pyridine rings is 1. The van der Waals surface area contributed by atoms with Gasteiger partial charge in [0.2, 0.25) is 0 Å². The molecule has 2 heterocycles.